The Kier molecular flexibility index (Phi) is 5.08. The van der Waals surface area contributed by atoms with Gasteiger partial charge in [0, 0.05) is 21.8 Å². The molecule has 1 aromatic carbocycles. The van der Waals surface area contributed by atoms with Gasteiger partial charge in [0.15, 0.2) is 0 Å². The van der Waals surface area contributed by atoms with Gasteiger partial charge >= 0.3 is 0 Å². The third-order valence-electron chi connectivity index (χ3n) is 4.39. The minimum absolute atomic E-state index is 0.0209. The maximum atomic E-state index is 12.7. The molecule has 3 rings (SSSR count). The molecule has 136 valence electrons. The first-order valence-corrected chi connectivity index (χ1v) is 9.34. The highest BCUT2D eigenvalue weighted by atomic mass is 32.1. The highest BCUT2D eigenvalue weighted by molar-refractivity contribution is 7.14. The van der Waals surface area contributed by atoms with Gasteiger partial charge in [-0.1, -0.05) is 30.4 Å². The van der Waals surface area contributed by atoms with Crippen LogP contribution in [0.4, 0.5) is 5.69 Å². The number of hydrogen-bond donors (Lipinski definition) is 2. The second-order valence-corrected chi connectivity index (χ2v) is 7.45. The van der Waals surface area contributed by atoms with Crippen LogP contribution in [0.5, 0.6) is 0 Å². The fourth-order valence-corrected chi connectivity index (χ4v) is 3.53. The van der Waals surface area contributed by atoms with E-state index < -0.39 is 0 Å². The quantitative estimate of drug-likeness (QED) is 0.723. The van der Waals surface area contributed by atoms with Gasteiger partial charge in [0.1, 0.15) is 0 Å². The highest BCUT2D eigenvalue weighted by Crippen LogP contribution is 2.19. The molecule has 0 bridgehead atoms. The summed E-state index contributed by atoms with van der Waals surface area (Å²) in [5.41, 5.74) is 3.75. The lowest BCUT2D eigenvalue weighted by Crippen LogP contribution is -2.22. The standard InChI is InChI=1S/C19H22N4O2S/c1-5-14-6-8-15(9-7-14)21-17(24)10-16-12(3)22-23(18(16)25)19-20-11(2)13(4)26-19/h6-9,22H,5,10H2,1-4H3,(H,21,24). The predicted octanol–water partition coefficient (Wildman–Crippen LogP) is 3.29. The summed E-state index contributed by atoms with van der Waals surface area (Å²) in [7, 11) is 0. The summed E-state index contributed by atoms with van der Waals surface area (Å²) in [5, 5.41) is 6.46. The summed E-state index contributed by atoms with van der Waals surface area (Å²) in [6.45, 7) is 7.76. The molecule has 2 aromatic heterocycles. The molecular weight excluding hydrogens is 348 g/mol. The first-order chi connectivity index (χ1) is 12.4. The molecule has 0 fully saturated rings. The van der Waals surface area contributed by atoms with Crippen molar-refractivity contribution in [2.75, 3.05) is 5.32 Å². The van der Waals surface area contributed by atoms with Gasteiger partial charge < -0.3 is 5.32 Å². The SMILES string of the molecule is CCc1ccc(NC(=O)Cc2c(C)[nH]n(-c3nc(C)c(C)s3)c2=O)cc1. The molecule has 0 saturated heterocycles. The molecular formula is C19H22N4O2S. The fraction of sp³-hybridized carbons (Fsp3) is 0.316. The van der Waals surface area contributed by atoms with E-state index in [9.17, 15) is 9.59 Å². The summed E-state index contributed by atoms with van der Waals surface area (Å²) >= 11 is 1.45. The van der Waals surface area contributed by atoms with Crippen molar-refractivity contribution < 1.29 is 4.79 Å². The molecule has 0 aliphatic rings. The zero-order valence-electron chi connectivity index (χ0n) is 15.3. The fourth-order valence-electron chi connectivity index (χ4n) is 2.67. The Hall–Kier alpha value is -2.67. The van der Waals surface area contributed by atoms with Gasteiger partial charge in [0.25, 0.3) is 5.56 Å². The van der Waals surface area contributed by atoms with Gasteiger partial charge in [-0.25, -0.2) is 4.98 Å². The van der Waals surface area contributed by atoms with E-state index in [1.54, 1.807) is 6.92 Å². The van der Waals surface area contributed by atoms with Crippen LogP contribution in [0.3, 0.4) is 0 Å². The Morgan fingerprint density at radius 2 is 1.92 bits per heavy atom. The molecule has 3 aromatic rings. The van der Waals surface area contributed by atoms with E-state index in [0.717, 1.165) is 22.7 Å². The van der Waals surface area contributed by atoms with Crippen molar-refractivity contribution in [1.29, 1.82) is 0 Å². The molecule has 2 N–H and O–H groups in total. The van der Waals surface area contributed by atoms with E-state index in [0.29, 0.717) is 16.4 Å². The van der Waals surface area contributed by atoms with E-state index in [2.05, 4.69) is 22.3 Å². The lowest BCUT2D eigenvalue weighted by molar-refractivity contribution is -0.115. The van der Waals surface area contributed by atoms with Crippen LogP contribution in [0.2, 0.25) is 0 Å². The Bertz CT molecular complexity index is 976. The number of aromatic nitrogens is 3. The number of nitrogens with one attached hydrogen (secondary N) is 2. The average Bonchev–Trinajstić information content (AvgIpc) is 3.09. The van der Waals surface area contributed by atoms with Crippen LogP contribution in [-0.4, -0.2) is 20.7 Å². The Labute approximate surface area is 155 Å². The molecule has 0 atom stereocenters. The number of carbonyl (C=O) groups excluding carboxylic acids is 1. The zero-order chi connectivity index (χ0) is 18.8. The van der Waals surface area contributed by atoms with Crippen LogP contribution in [0, 0.1) is 20.8 Å². The second-order valence-electron chi connectivity index (χ2n) is 6.27. The summed E-state index contributed by atoms with van der Waals surface area (Å²) in [4.78, 5) is 30.5. The van der Waals surface area contributed by atoms with Crippen molar-refractivity contribution in [2.45, 2.75) is 40.5 Å². The number of carbonyl (C=O) groups is 1. The molecule has 0 aliphatic carbocycles. The lowest BCUT2D eigenvalue weighted by atomic mass is 10.1. The molecule has 7 heteroatoms. The number of nitrogens with zero attached hydrogens (tertiary/aromatic N) is 2. The molecule has 1 amide bonds. The third-order valence-corrected chi connectivity index (χ3v) is 5.44. The van der Waals surface area contributed by atoms with Crippen molar-refractivity contribution in [3.63, 3.8) is 0 Å². The number of rotatable bonds is 5. The van der Waals surface area contributed by atoms with Crippen molar-refractivity contribution >= 4 is 22.9 Å². The van der Waals surface area contributed by atoms with Gasteiger partial charge in [-0.05, 0) is 44.9 Å². The summed E-state index contributed by atoms with van der Waals surface area (Å²) < 4.78 is 1.42. The average molecular weight is 370 g/mol. The van der Waals surface area contributed by atoms with Gasteiger partial charge in [-0.2, -0.15) is 4.68 Å². The van der Waals surface area contributed by atoms with Crippen molar-refractivity contribution in [3.8, 4) is 5.13 Å². The Morgan fingerprint density at radius 1 is 1.23 bits per heavy atom. The van der Waals surface area contributed by atoms with E-state index in [4.69, 9.17) is 0 Å². The number of aromatic amines is 1. The maximum absolute atomic E-state index is 12.7. The molecule has 0 unspecified atom stereocenters. The summed E-state index contributed by atoms with van der Waals surface area (Å²) in [6, 6.07) is 7.72. The number of amides is 1. The molecule has 0 aliphatic heterocycles. The lowest BCUT2D eigenvalue weighted by Gasteiger charge is -2.05. The molecule has 0 radical (unpaired) electrons. The van der Waals surface area contributed by atoms with Crippen LogP contribution in [0.1, 0.15) is 34.3 Å². The van der Waals surface area contributed by atoms with Crippen LogP contribution in [0.25, 0.3) is 5.13 Å². The minimum Gasteiger partial charge on any atom is -0.326 e. The number of benzene rings is 1. The van der Waals surface area contributed by atoms with Gasteiger partial charge in [0.05, 0.1) is 12.1 Å². The van der Waals surface area contributed by atoms with Gasteiger partial charge in [0.2, 0.25) is 11.0 Å². The number of anilines is 1. The second kappa shape index (κ2) is 7.29. The molecule has 0 spiro atoms. The molecule has 6 nitrogen and oxygen atoms in total. The summed E-state index contributed by atoms with van der Waals surface area (Å²) in [5.74, 6) is -0.216. The molecule has 0 saturated carbocycles. The summed E-state index contributed by atoms with van der Waals surface area (Å²) in [6.07, 6.45) is 0.971. The normalized spacial score (nSPS) is 10.9. The van der Waals surface area contributed by atoms with Crippen LogP contribution >= 0.6 is 11.3 Å². The van der Waals surface area contributed by atoms with E-state index in [1.807, 2.05) is 38.1 Å². The number of H-pyrrole nitrogens is 1. The molecule has 2 heterocycles. The largest absolute Gasteiger partial charge is 0.326 e. The number of hydrogen-bond acceptors (Lipinski definition) is 4. The highest BCUT2D eigenvalue weighted by Gasteiger charge is 2.18. The van der Waals surface area contributed by atoms with Crippen molar-refractivity contribution in [2.24, 2.45) is 0 Å². The van der Waals surface area contributed by atoms with Crippen molar-refractivity contribution in [3.05, 3.63) is 62.0 Å². The Morgan fingerprint density at radius 3 is 2.50 bits per heavy atom. The van der Waals surface area contributed by atoms with E-state index in [-0.39, 0.29) is 17.9 Å². The first kappa shape index (κ1) is 18.1. The van der Waals surface area contributed by atoms with Crippen LogP contribution in [-0.2, 0) is 17.6 Å². The topological polar surface area (TPSA) is 79.8 Å². The third kappa shape index (κ3) is 3.62. The Balaban J connectivity index is 1.79. The van der Waals surface area contributed by atoms with Gasteiger partial charge in [-0.3, -0.25) is 14.7 Å². The van der Waals surface area contributed by atoms with Gasteiger partial charge in [-0.15, -0.1) is 0 Å². The number of thiazole rings is 1. The maximum Gasteiger partial charge on any atom is 0.277 e. The predicted molar refractivity (Wildman–Crippen MR) is 104 cm³/mol. The van der Waals surface area contributed by atoms with Crippen LogP contribution in [0.15, 0.2) is 29.1 Å². The minimum atomic E-state index is -0.229. The van der Waals surface area contributed by atoms with E-state index >= 15 is 0 Å². The number of aryl methyl sites for hydroxylation is 4. The van der Waals surface area contributed by atoms with E-state index in [1.165, 1.54) is 21.6 Å². The smallest absolute Gasteiger partial charge is 0.277 e. The van der Waals surface area contributed by atoms with Crippen LogP contribution < -0.4 is 10.9 Å². The zero-order valence-corrected chi connectivity index (χ0v) is 16.2. The molecule has 26 heavy (non-hydrogen) atoms. The van der Waals surface area contributed by atoms with Crippen molar-refractivity contribution in [1.82, 2.24) is 14.8 Å². The first-order valence-electron chi connectivity index (χ1n) is 8.52. The monoisotopic (exact) mass is 370 g/mol.